The number of hydrogen-bond acceptors (Lipinski definition) is 3. The van der Waals surface area contributed by atoms with Crippen LogP contribution in [0.25, 0.3) is 31.3 Å². The molecule has 0 saturated carbocycles. The molecular weight excluding hydrogens is 749 g/mol. The van der Waals surface area contributed by atoms with Gasteiger partial charge in [-0.1, -0.05) is 128 Å². The maximum atomic E-state index is 6.82. The van der Waals surface area contributed by atoms with Gasteiger partial charge >= 0.3 is 0 Å². The molecule has 0 amide bonds. The van der Waals surface area contributed by atoms with Crippen LogP contribution in [0.15, 0.2) is 209 Å². The second kappa shape index (κ2) is 20.6. The molecule has 1 unspecified atom stereocenters. The molecule has 5 aromatic rings. The second-order valence-electron chi connectivity index (χ2n) is 15.3. The summed E-state index contributed by atoms with van der Waals surface area (Å²) in [4.78, 5) is 12.7. The number of aliphatic imine (C=N–C) groups is 2. The number of amidine groups is 2. The maximum Gasteiger partial charge on any atom is 0.158 e. The Bertz CT molecular complexity index is 2620. The lowest BCUT2D eigenvalue weighted by Gasteiger charge is -2.21. The standard InChI is InChI=1S/C55H56N4S/c1-5-7-12-23-40(3)59(37-21-30-43(22-6-2)44-26-15-10-16-27-44)48-35-33-45(34-36-48)47-38-50(53-49-31-19-20-32-51(49)60-52(53)39-47)55(58-54(56)46-28-17-11-18-29-46)57-41(4)42-24-13-8-9-14-25-42/h5-8,11-13,17-24,26,28-39,41H,3,9-10,14-16,25,27H2,1-2,4H3,(H2,56,57,58)/b7-5-,22-6-,23-12-,37-21+,43-30+. The molecule has 60 heavy (non-hydrogen) atoms. The minimum atomic E-state index is -0.0738. The Morgan fingerprint density at radius 3 is 2.42 bits per heavy atom. The summed E-state index contributed by atoms with van der Waals surface area (Å²) in [6.45, 7) is 10.7. The van der Waals surface area contributed by atoms with E-state index in [1.54, 1.807) is 11.3 Å². The molecule has 7 rings (SSSR count). The predicted octanol–water partition coefficient (Wildman–Crippen LogP) is 14.9. The topological polar surface area (TPSA) is 54.0 Å². The number of benzene rings is 4. The van der Waals surface area contributed by atoms with Crippen LogP contribution in [0.1, 0.15) is 76.8 Å². The van der Waals surface area contributed by atoms with Gasteiger partial charge in [0.2, 0.25) is 0 Å². The van der Waals surface area contributed by atoms with E-state index in [0.29, 0.717) is 11.7 Å². The van der Waals surface area contributed by atoms with Crippen LogP contribution in [0.2, 0.25) is 0 Å². The summed E-state index contributed by atoms with van der Waals surface area (Å²) < 4.78 is 2.41. The molecule has 2 N–H and O–H groups in total. The van der Waals surface area contributed by atoms with Gasteiger partial charge < -0.3 is 10.6 Å². The van der Waals surface area contributed by atoms with E-state index in [4.69, 9.17) is 15.7 Å². The molecule has 0 aliphatic heterocycles. The highest BCUT2D eigenvalue weighted by atomic mass is 32.1. The fourth-order valence-electron chi connectivity index (χ4n) is 7.86. The lowest BCUT2D eigenvalue weighted by atomic mass is 9.93. The Labute approximate surface area is 361 Å². The van der Waals surface area contributed by atoms with Crippen molar-refractivity contribution in [1.82, 2.24) is 0 Å². The van der Waals surface area contributed by atoms with Gasteiger partial charge in [-0.05, 0) is 136 Å². The van der Waals surface area contributed by atoms with Crippen molar-refractivity contribution in [1.29, 1.82) is 0 Å². The monoisotopic (exact) mass is 804 g/mol. The highest BCUT2D eigenvalue weighted by Crippen LogP contribution is 2.40. The van der Waals surface area contributed by atoms with E-state index in [9.17, 15) is 0 Å². The van der Waals surface area contributed by atoms with Crippen molar-refractivity contribution in [2.75, 3.05) is 4.90 Å². The van der Waals surface area contributed by atoms with Crippen LogP contribution < -0.4 is 10.6 Å². The van der Waals surface area contributed by atoms with E-state index < -0.39 is 0 Å². The largest absolute Gasteiger partial charge is 0.383 e. The van der Waals surface area contributed by atoms with E-state index in [0.717, 1.165) is 71.1 Å². The summed E-state index contributed by atoms with van der Waals surface area (Å²) in [6, 6.07) is 31.9. The first-order valence-electron chi connectivity index (χ1n) is 21.3. The number of hydrogen-bond donors (Lipinski definition) is 1. The van der Waals surface area contributed by atoms with Crippen molar-refractivity contribution in [3.63, 3.8) is 0 Å². The van der Waals surface area contributed by atoms with Crippen LogP contribution in [0.5, 0.6) is 0 Å². The molecule has 2 aliphatic rings. The number of allylic oxidation sites excluding steroid dienone is 14. The highest BCUT2D eigenvalue weighted by molar-refractivity contribution is 7.26. The Hall–Kier alpha value is -6.30. The lowest BCUT2D eigenvalue weighted by Crippen LogP contribution is -2.18. The summed E-state index contributed by atoms with van der Waals surface area (Å²) in [5, 5.41) is 2.34. The molecule has 0 radical (unpaired) electrons. The summed E-state index contributed by atoms with van der Waals surface area (Å²) in [6.07, 6.45) is 35.9. The van der Waals surface area contributed by atoms with Crippen LogP contribution in [-0.2, 0) is 0 Å². The molecule has 302 valence electrons. The van der Waals surface area contributed by atoms with Crippen LogP contribution in [0.3, 0.4) is 0 Å². The van der Waals surface area contributed by atoms with Gasteiger partial charge in [-0.3, -0.25) is 4.99 Å². The second-order valence-corrected chi connectivity index (χ2v) is 16.4. The minimum Gasteiger partial charge on any atom is -0.383 e. The zero-order valence-corrected chi connectivity index (χ0v) is 36.0. The van der Waals surface area contributed by atoms with Crippen molar-refractivity contribution in [2.45, 2.75) is 71.8 Å². The van der Waals surface area contributed by atoms with Crippen molar-refractivity contribution in [3.8, 4) is 11.1 Å². The molecule has 4 nitrogen and oxygen atoms in total. The first kappa shape index (κ1) is 41.8. The number of rotatable bonds is 13. The zero-order chi connectivity index (χ0) is 41.7. The molecule has 1 atom stereocenters. The van der Waals surface area contributed by atoms with Gasteiger partial charge in [0.05, 0.1) is 6.04 Å². The average Bonchev–Trinajstić information content (AvgIpc) is 3.44. The Kier molecular flexibility index (Phi) is 14.4. The average molecular weight is 805 g/mol. The van der Waals surface area contributed by atoms with Crippen LogP contribution in [-0.4, -0.2) is 17.7 Å². The summed E-state index contributed by atoms with van der Waals surface area (Å²) in [7, 11) is 0. The minimum absolute atomic E-state index is 0.0738. The van der Waals surface area contributed by atoms with E-state index in [1.807, 2.05) is 61.6 Å². The summed E-state index contributed by atoms with van der Waals surface area (Å²) >= 11 is 1.80. The molecule has 0 bridgehead atoms. The van der Waals surface area contributed by atoms with E-state index >= 15 is 0 Å². The van der Waals surface area contributed by atoms with Crippen molar-refractivity contribution >= 4 is 48.9 Å². The van der Waals surface area contributed by atoms with E-state index in [2.05, 4.69) is 141 Å². The third-order valence-corrected chi connectivity index (χ3v) is 12.2. The van der Waals surface area contributed by atoms with Gasteiger partial charge in [0, 0.05) is 48.9 Å². The van der Waals surface area contributed by atoms with Gasteiger partial charge in [0.1, 0.15) is 5.84 Å². The third-order valence-electron chi connectivity index (χ3n) is 11.0. The molecule has 0 fully saturated rings. The van der Waals surface area contributed by atoms with E-state index in [1.165, 1.54) is 44.3 Å². The molecule has 5 heteroatoms. The molecule has 1 heterocycles. The molecule has 1 aromatic heterocycles. The van der Waals surface area contributed by atoms with Crippen molar-refractivity contribution in [3.05, 3.63) is 210 Å². The van der Waals surface area contributed by atoms with Crippen molar-refractivity contribution < 1.29 is 0 Å². The smallest absolute Gasteiger partial charge is 0.158 e. The van der Waals surface area contributed by atoms with Crippen LogP contribution in [0, 0.1) is 0 Å². The number of fused-ring (bicyclic) bond motifs is 3. The third kappa shape index (κ3) is 10.3. The number of nitrogens with zero attached hydrogens (tertiary/aromatic N) is 3. The van der Waals surface area contributed by atoms with Gasteiger partial charge in [-0.25, -0.2) is 4.99 Å². The predicted molar refractivity (Wildman–Crippen MR) is 263 cm³/mol. The summed E-state index contributed by atoms with van der Waals surface area (Å²) in [5.74, 6) is 1.08. The fourth-order valence-corrected chi connectivity index (χ4v) is 9.03. The number of nitrogens with two attached hydrogens (primary N) is 1. The quantitative estimate of drug-likeness (QED) is 0.0732. The first-order chi connectivity index (χ1) is 29.4. The van der Waals surface area contributed by atoms with Gasteiger partial charge in [0.25, 0.3) is 0 Å². The molecular formula is C55H56N4S. The first-order valence-corrected chi connectivity index (χ1v) is 22.1. The molecule has 4 aromatic carbocycles. The van der Waals surface area contributed by atoms with Gasteiger partial charge in [0.15, 0.2) is 5.84 Å². The van der Waals surface area contributed by atoms with Crippen LogP contribution >= 0.6 is 11.3 Å². The molecule has 0 spiro atoms. The Morgan fingerprint density at radius 1 is 0.817 bits per heavy atom. The molecule has 2 aliphatic carbocycles. The maximum absolute atomic E-state index is 6.82. The van der Waals surface area contributed by atoms with Crippen molar-refractivity contribution in [2.24, 2.45) is 15.7 Å². The Morgan fingerprint density at radius 2 is 1.63 bits per heavy atom. The van der Waals surface area contributed by atoms with E-state index in [-0.39, 0.29) is 6.04 Å². The van der Waals surface area contributed by atoms with Gasteiger partial charge in [-0.2, -0.15) is 0 Å². The highest BCUT2D eigenvalue weighted by Gasteiger charge is 2.19. The molecule has 0 saturated heterocycles. The van der Waals surface area contributed by atoms with Gasteiger partial charge in [-0.15, -0.1) is 11.3 Å². The number of thiophene rings is 1. The van der Waals surface area contributed by atoms with Crippen LogP contribution in [0.4, 0.5) is 5.69 Å². The fraction of sp³-hybridized carbons (Fsp3) is 0.200. The lowest BCUT2D eigenvalue weighted by molar-refractivity contribution is 0.708. The normalized spacial score (nSPS) is 16.4. The Balaban J connectivity index is 1.33. The SMILES string of the molecule is C=C(/C=C\C=C/C)N(/C=C/C=C(\C=C/C)C1=CCCCC1)c1ccc(-c2cc(C(N=C(N)c3ccccc3)=NC(C)C3=CC=CCCC3)c3c(c2)sc2ccccc23)cc1. The summed E-state index contributed by atoms with van der Waals surface area (Å²) in [5.41, 5.74) is 16.7. The zero-order valence-electron chi connectivity index (χ0n) is 35.2. The number of anilines is 1.